The van der Waals surface area contributed by atoms with E-state index in [9.17, 15) is 9.90 Å². The summed E-state index contributed by atoms with van der Waals surface area (Å²) in [5, 5.41) is 27.4. The lowest BCUT2D eigenvalue weighted by Gasteiger charge is -2.20. The Hall–Kier alpha value is -1.28. The molecule has 19 heavy (non-hydrogen) atoms. The summed E-state index contributed by atoms with van der Waals surface area (Å²) in [4.78, 5) is 16.1. The van der Waals surface area contributed by atoms with Crippen LogP contribution in [0.15, 0.2) is 22.2 Å². The van der Waals surface area contributed by atoms with Crippen molar-refractivity contribution in [1.29, 1.82) is 0 Å². The van der Waals surface area contributed by atoms with Crippen molar-refractivity contribution < 1.29 is 15.0 Å². The van der Waals surface area contributed by atoms with Gasteiger partial charge in [-0.3, -0.25) is 4.79 Å². The zero-order chi connectivity index (χ0) is 13.9. The van der Waals surface area contributed by atoms with Gasteiger partial charge in [-0.15, -0.1) is 11.3 Å². The molecule has 102 valence electrons. The molecule has 3 N–H and O–H groups in total. The summed E-state index contributed by atoms with van der Waals surface area (Å²) in [6.45, 7) is 1.02. The predicted octanol–water partition coefficient (Wildman–Crippen LogP) is 1.34. The Bertz CT molecular complexity index is 549. The minimum Gasteiger partial charge on any atom is -0.393 e. The van der Waals surface area contributed by atoms with Gasteiger partial charge in [-0.2, -0.15) is 11.3 Å². The quantitative estimate of drug-likeness (QED) is 0.778. The van der Waals surface area contributed by atoms with Crippen LogP contribution in [0.4, 0.5) is 0 Å². The summed E-state index contributed by atoms with van der Waals surface area (Å²) in [6, 6.07) is 1.95. The van der Waals surface area contributed by atoms with Crippen LogP contribution in [0.25, 0.3) is 10.6 Å². The van der Waals surface area contributed by atoms with Crippen LogP contribution < -0.4 is 5.32 Å². The first-order valence-corrected chi connectivity index (χ1v) is 7.43. The first-order chi connectivity index (χ1) is 9.02. The van der Waals surface area contributed by atoms with Crippen molar-refractivity contribution in [3.8, 4) is 10.6 Å². The number of carbonyl (C=O) groups is 1. The zero-order valence-corrected chi connectivity index (χ0v) is 11.9. The number of aliphatic hydroxyl groups excluding tert-OH is 1. The SMILES string of the molecule is CC(O)(CO)CNC(=O)c1csc(-c2ccsc2)n1. The van der Waals surface area contributed by atoms with Crippen molar-refractivity contribution in [2.75, 3.05) is 13.2 Å². The Morgan fingerprint density at radius 3 is 2.95 bits per heavy atom. The number of aromatic nitrogens is 1. The third-order valence-electron chi connectivity index (χ3n) is 2.48. The Balaban J connectivity index is 2.01. The third kappa shape index (κ3) is 3.60. The molecule has 2 aromatic rings. The Labute approximate surface area is 118 Å². The van der Waals surface area contributed by atoms with Gasteiger partial charge in [-0.1, -0.05) is 0 Å². The molecule has 0 saturated carbocycles. The number of aliphatic hydroxyl groups is 2. The zero-order valence-electron chi connectivity index (χ0n) is 10.3. The van der Waals surface area contributed by atoms with E-state index in [1.807, 2.05) is 16.8 Å². The molecule has 7 heteroatoms. The normalized spacial score (nSPS) is 14.1. The predicted molar refractivity (Wildman–Crippen MR) is 75.5 cm³/mol. The molecular formula is C12H14N2O3S2. The van der Waals surface area contributed by atoms with Crippen molar-refractivity contribution in [2.24, 2.45) is 0 Å². The summed E-state index contributed by atoms with van der Waals surface area (Å²) in [5.74, 6) is -0.355. The Morgan fingerprint density at radius 1 is 1.53 bits per heavy atom. The minimum atomic E-state index is -1.32. The van der Waals surface area contributed by atoms with Gasteiger partial charge in [0.1, 0.15) is 16.3 Å². The van der Waals surface area contributed by atoms with Gasteiger partial charge in [-0.25, -0.2) is 4.98 Å². The number of rotatable bonds is 5. The van der Waals surface area contributed by atoms with E-state index in [1.165, 1.54) is 18.3 Å². The largest absolute Gasteiger partial charge is 0.393 e. The molecule has 2 heterocycles. The number of carbonyl (C=O) groups excluding carboxylic acids is 1. The van der Waals surface area contributed by atoms with Gasteiger partial charge in [0.2, 0.25) is 0 Å². The van der Waals surface area contributed by atoms with Crippen LogP contribution in [0.5, 0.6) is 0 Å². The lowest BCUT2D eigenvalue weighted by atomic mass is 10.1. The average molecular weight is 298 g/mol. The van der Waals surface area contributed by atoms with E-state index in [2.05, 4.69) is 10.3 Å². The monoisotopic (exact) mass is 298 g/mol. The number of hydrogen-bond acceptors (Lipinski definition) is 6. The fourth-order valence-electron chi connectivity index (χ4n) is 1.31. The number of amides is 1. The van der Waals surface area contributed by atoms with Crippen LogP contribution >= 0.6 is 22.7 Å². The molecule has 5 nitrogen and oxygen atoms in total. The highest BCUT2D eigenvalue weighted by Gasteiger charge is 2.21. The summed E-state index contributed by atoms with van der Waals surface area (Å²) in [5.41, 5.74) is -0.00153. The molecule has 1 amide bonds. The highest BCUT2D eigenvalue weighted by atomic mass is 32.1. The van der Waals surface area contributed by atoms with Crippen LogP contribution in [-0.4, -0.2) is 39.9 Å². The van der Waals surface area contributed by atoms with Gasteiger partial charge < -0.3 is 15.5 Å². The van der Waals surface area contributed by atoms with Gasteiger partial charge >= 0.3 is 0 Å². The van der Waals surface area contributed by atoms with Crippen molar-refractivity contribution in [3.05, 3.63) is 27.9 Å². The Kier molecular flexibility index (Phi) is 4.31. The first-order valence-electron chi connectivity index (χ1n) is 5.61. The van der Waals surface area contributed by atoms with Crippen molar-refractivity contribution in [2.45, 2.75) is 12.5 Å². The van der Waals surface area contributed by atoms with Gasteiger partial charge in [-0.05, 0) is 18.4 Å². The highest BCUT2D eigenvalue weighted by Crippen LogP contribution is 2.25. The molecule has 0 aliphatic carbocycles. The maximum atomic E-state index is 11.8. The van der Waals surface area contributed by atoms with Crippen molar-refractivity contribution in [1.82, 2.24) is 10.3 Å². The van der Waals surface area contributed by atoms with E-state index in [0.29, 0.717) is 5.69 Å². The number of hydrogen-bond donors (Lipinski definition) is 3. The molecule has 2 rings (SSSR count). The van der Waals surface area contributed by atoms with Gasteiger partial charge in [0.25, 0.3) is 5.91 Å². The molecule has 0 saturated heterocycles. The molecule has 0 fully saturated rings. The van der Waals surface area contributed by atoms with Gasteiger partial charge in [0.05, 0.1) is 6.61 Å². The van der Waals surface area contributed by atoms with Crippen LogP contribution in [-0.2, 0) is 0 Å². The number of thiophene rings is 1. The summed E-state index contributed by atoms with van der Waals surface area (Å²) in [6.07, 6.45) is 0. The Morgan fingerprint density at radius 2 is 2.32 bits per heavy atom. The maximum absolute atomic E-state index is 11.8. The average Bonchev–Trinajstić information content (AvgIpc) is 3.05. The van der Waals surface area contributed by atoms with Crippen molar-refractivity contribution >= 4 is 28.6 Å². The van der Waals surface area contributed by atoms with E-state index in [0.717, 1.165) is 10.6 Å². The van der Waals surface area contributed by atoms with Crippen LogP contribution in [0.3, 0.4) is 0 Å². The van der Waals surface area contributed by atoms with E-state index in [1.54, 1.807) is 16.7 Å². The molecular weight excluding hydrogens is 284 g/mol. The smallest absolute Gasteiger partial charge is 0.270 e. The second kappa shape index (κ2) is 5.79. The van der Waals surface area contributed by atoms with E-state index in [-0.39, 0.29) is 12.5 Å². The molecule has 0 radical (unpaired) electrons. The number of nitrogens with one attached hydrogen (secondary N) is 1. The maximum Gasteiger partial charge on any atom is 0.270 e. The van der Waals surface area contributed by atoms with Crippen LogP contribution in [0.1, 0.15) is 17.4 Å². The standard InChI is InChI=1S/C12H14N2O3S2/c1-12(17,7-15)6-13-10(16)9-5-19-11(14-9)8-2-3-18-4-8/h2-5,15,17H,6-7H2,1H3,(H,13,16). The van der Waals surface area contributed by atoms with E-state index in [4.69, 9.17) is 5.11 Å². The fraction of sp³-hybridized carbons (Fsp3) is 0.333. The van der Waals surface area contributed by atoms with Gasteiger partial charge in [0, 0.05) is 22.9 Å². The van der Waals surface area contributed by atoms with Crippen LogP contribution in [0, 0.1) is 0 Å². The first kappa shape index (κ1) is 14.1. The van der Waals surface area contributed by atoms with E-state index < -0.39 is 12.2 Å². The highest BCUT2D eigenvalue weighted by molar-refractivity contribution is 7.14. The molecule has 0 aromatic carbocycles. The second-order valence-corrected chi connectivity index (χ2v) is 6.03. The summed E-state index contributed by atoms with van der Waals surface area (Å²) >= 11 is 2.97. The van der Waals surface area contributed by atoms with Crippen molar-refractivity contribution in [3.63, 3.8) is 0 Å². The second-order valence-electron chi connectivity index (χ2n) is 4.39. The topological polar surface area (TPSA) is 82.5 Å². The summed E-state index contributed by atoms with van der Waals surface area (Å²) in [7, 11) is 0. The molecule has 0 aliphatic rings. The molecule has 0 spiro atoms. The van der Waals surface area contributed by atoms with Gasteiger partial charge in [0.15, 0.2) is 0 Å². The molecule has 2 aromatic heterocycles. The number of thiazole rings is 1. The van der Waals surface area contributed by atoms with Crippen LogP contribution in [0.2, 0.25) is 0 Å². The fourth-order valence-corrected chi connectivity index (χ4v) is 2.83. The molecule has 1 unspecified atom stereocenters. The molecule has 1 atom stereocenters. The number of nitrogens with zero attached hydrogens (tertiary/aromatic N) is 1. The van der Waals surface area contributed by atoms with E-state index >= 15 is 0 Å². The lowest BCUT2D eigenvalue weighted by Crippen LogP contribution is -2.43. The summed E-state index contributed by atoms with van der Waals surface area (Å²) < 4.78 is 0. The molecule has 0 bridgehead atoms. The lowest BCUT2D eigenvalue weighted by molar-refractivity contribution is 0.00317. The third-order valence-corrected chi connectivity index (χ3v) is 4.05. The molecule has 0 aliphatic heterocycles. The minimum absolute atomic E-state index is 0.0202.